The third-order valence-electron chi connectivity index (χ3n) is 4.71. The number of hydrogen-bond acceptors (Lipinski definition) is 4. The molecule has 1 aliphatic rings. The Kier molecular flexibility index (Phi) is 3.98. The fraction of sp³-hybridized carbons (Fsp3) is 0.350. The van der Waals surface area contributed by atoms with E-state index in [-0.39, 0.29) is 0 Å². The Morgan fingerprint density at radius 3 is 2.75 bits per heavy atom. The van der Waals surface area contributed by atoms with Crippen molar-refractivity contribution in [1.82, 2.24) is 19.9 Å². The van der Waals surface area contributed by atoms with Crippen molar-refractivity contribution >= 4 is 10.9 Å². The molecule has 1 fully saturated rings. The predicted molar refractivity (Wildman–Crippen MR) is 95.9 cm³/mol. The van der Waals surface area contributed by atoms with Gasteiger partial charge >= 0.3 is 0 Å². The first kappa shape index (κ1) is 15.2. The number of likely N-dealkylation sites (tertiary alicyclic amines) is 1. The summed E-state index contributed by atoms with van der Waals surface area (Å²) in [6.45, 7) is 7.22. The maximum atomic E-state index is 4.65. The highest BCUT2D eigenvalue weighted by molar-refractivity contribution is 5.78. The van der Waals surface area contributed by atoms with Gasteiger partial charge in [0.1, 0.15) is 5.82 Å². The van der Waals surface area contributed by atoms with Gasteiger partial charge in [-0.15, -0.1) is 0 Å². The zero-order valence-electron chi connectivity index (χ0n) is 14.2. The van der Waals surface area contributed by atoms with Gasteiger partial charge in [0.15, 0.2) is 0 Å². The van der Waals surface area contributed by atoms with Gasteiger partial charge in [-0.25, -0.2) is 9.97 Å². The third kappa shape index (κ3) is 3.15. The molecule has 3 heterocycles. The van der Waals surface area contributed by atoms with Gasteiger partial charge in [0.05, 0.1) is 5.52 Å². The highest BCUT2D eigenvalue weighted by atomic mass is 15.2. The fourth-order valence-corrected chi connectivity index (χ4v) is 3.60. The van der Waals surface area contributed by atoms with Crippen molar-refractivity contribution in [1.29, 1.82) is 0 Å². The van der Waals surface area contributed by atoms with Crippen LogP contribution in [0.15, 0.2) is 42.6 Å². The lowest BCUT2D eigenvalue weighted by molar-refractivity contribution is 0.326. The molecule has 2 aromatic heterocycles. The van der Waals surface area contributed by atoms with E-state index in [9.17, 15) is 0 Å². The Bertz CT molecular complexity index is 854. The Morgan fingerprint density at radius 2 is 1.92 bits per heavy atom. The van der Waals surface area contributed by atoms with Crippen LogP contribution in [0.3, 0.4) is 0 Å². The molecule has 1 saturated heterocycles. The number of aryl methyl sites for hydroxylation is 2. The average molecular weight is 318 g/mol. The summed E-state index contributed by atoms with van der Waals surface area (Å²) < 4.78 is 0. The molecule has 0 saturated carbocycles. The molecule has 0 radical (unpaired) electrons. The van der Waals surface area contributed by atoms with Crippen LogP contribution in [0, 0.1) is 13.8 Å². The van der Waals surface area contributed by atoms with E-state index in [1.54, 1.807) is 0 Å². The van der Waals surface area contributed by atoms with E-state index < -0.39 is 0 Å². The number of pyridine rings is 1. The Hall–Kier alpha value is -2.33. The molecule has 4 nitrogen and oxygen atoms in total. The maximum absolute atomic E-state index is 4.65. The van der Waals surface area contributed by atoms with Crippen LogP contribution < -0.4 is 0 Å². The summed E-state index contributed by atoms with van der Waals surface area (Å²) in [7, 11) is 0. The van der Waals surface area contributed by atoms with E-state index >= 15 is 0 Å². The molecule has 0 bridgehead atoms. The van der Waals surface area contributed by atoms with E-state index in [1.807, 2.05) is 32.2 Å². The molecule has 24 heavy (non-hydrogen) atoms. The van der Waals surface area contributed by atoms with Crippen molar-refractivity contribution in [3.05, 3.63) is 65.4 Å². The molecule has 4 rings (SSSR count). The molecule has 0 amide bonds. The standard InChI is InChI=1S/C20H22N4/c1-14-10-15(2)23-20(22-14)18-7-9-24(13-18)12-16-5-6-19-17(11-16)4-3-8-21-19/h3-6,8,10-11,18H,7,9,12-13H2,1-2H3/t18-/m1/s1. The molecule has 0 aliphatic carbocycles. The largest absolute Gasteiger partial charge is 0.298 e. The molecule has 0 N–H and O–H groups in total. The molecular formula is C20H22N4. The minimum absolute atomic E-state index is 0.450. The molecule has 1 atom stereocenters. The number of aromatic nitrogens is 3. The summed E-state index contributed by atoms with van der Waals surface area (Å²) in [6, 6.07) is 12.7. The number of fused-ring (bicyclic) bond motifs is 1. The number of hydrogen-bond donors (Lipinski definition) is 0. The van der Waals surface area contributed by atoms with Crippen molar-refractivity contribution in [3.8, 4) is 0 Å². The van der Waals surface area contributed by atoms with E-state index in [2.05, 4.69) is 44.1 Å². The first-order valence-corrected chi connectivity index (χ1v) is 8.55. The zero-order valence-corrected chi connectivity index (χ0v) is 14.2. The minimum atomic E-state index is 0.450. The van der Waals surface area contributed by atoms with Crippen molar-refractivity contribution < 1.29 is 0 Å². The smallest absolute Gasteiger partial charge is 0.133 e. The van der Waals surface area contributed by atoms with E-state index in [1.165, 1.54) is 10.9 Å². The summed E-state index contributed by atoms with van der Waals surface area (Å²) in [6.07, 6.45) is 2.98. The second-order valence-electron chi connectivity index (χ2n) is 6.76. The van der Waals surface area contributed by atoms with Gasteiger partial charge in [-0.3, -0.25) is 9.88 Å². The molecular weight excluding hydrogens is 296 g/mol. The zero-order chi connectivity index (χ0) is 16.5. The number of benzene rings is 1. The van der Waals surface area contributed by atoms with E-state index in [0.717, 1.165) is 48.8 Å². The average Bonchev–Trinajstić information content (AvgIpc) is 3.02. The van der Waals surface area contributed by atoms with Gasteiger partial charge in [0.2, 0.25) is 0 Å². The summed E-state index contributed by atoms with van der Waals surface area (Å²) in [5.41, 5.74) is 4.54. The summed E-state index contributed by atoms with van der Waals surface area (Å²) in [5.74, 6) is 1.46. The Morgan fingerprint density at radius 1 is 1.08 bits per heavy atom. The van der Waals surface area contributed by atoms with Crippen LogP contribution >= 0.6 is 0 Å². The van der Waals surface area contributed by atoms with Gasteiger partial charge in [-0.05, 0) is 56.6 Å². The van der Waals surface area contributed by atoms with Crippen molar-refractivity contribution in [3.63, 3.8) is 0 Å². The monoisotopic (exact) mass is 318 g/mol. The first-order valence-electron chi connectivity index (χ1n) is 8.55. The topological polar surface area (TPSA) is 41.9 Å². The highest BCUT2D eigenvalue weighted by Gasteiger charge is 2.26. The summed E-state index contributed by atoms with van der Waals surface area (Å²) in [5, 5.41) is 1.21. The van der Waals surface area contributed by atoms with Crippen LogP contribution in [-0.2, 0) is 6.54 Å². The van der Waals surface area contributed by atoms with E-state index in [4.69, 9.17) is 0 Å². The predicted octanol–water partition coefficient (Wildman–Crippen LogP) is 3.63. The van der Waals surface area contributed by atoms with Gasteiger partial charge in [0.25, 0.3) is 0 Å². The molecule has 0 unspecified atom stereocenters. The summed E-state index contributed by atoms with van der Waals surface area (Å²) in [4.78, 5) is 16.2. The number of rotatable bonds is 3. The second-order valence-corrected chi connectivity index (χ2v) is 6.76. The van der Waals surface area contributed by atoms with Crippen LogP contribution in [0.25, 0.3) is 10.9 Å². The van der Waals surface area contributed by atoms with Gasteiger partial charge in [-0.2, -0.15) is 0 Å². The van der Waals surface area contributed by atoms with Crippen LogP contribution in [0.1, 0.15) is 35.1 Å². The lowest BCUT2D eigenvalue weighted by Crippen LogP contribution is -2.20. The van der Waals surface area contributed by atoms with Gasteiger partial charge in [-0.1, -0.05) is 12.1 Å². The van der Waals surface area contributed by atoms with Crippen LogP contribution in [0.2, 0.25) is 0 Å². The van der Waals surface area contributed by atoms with Crippen molar-refractivity contribution in [2.75, 3.05) is 13.1 Å². The highest BCUT2D eigenvalue weighted by Crippen LogP contribution is 2.26. The summed E-state index contributed by atoms with van der Waals surface area (Å²) >= 11 is 0. The molecule has 3 aromatic rings. The van der Waals surface area contributed by atoms with Crippen molar-refractivity contribution in [2.45, 2.75) is 32.7 Å². The molecule has 0 spiro atoms. The van der Waals surface area contributed by atoms with Crippen LogP contribution in [-0.4, -0.2) is 32.9 Å². The Balaban J connectivity index is 1.48. The molecule has 4 heteroatoms. The van der Waals surface area contributed by atoms with Crippen LogP contribution in [0.5, 0.6) is 0 Å². The molecule has 122 valence electrons. The number of nitrogens with zero attached hydrogens (tertiary/aromatic N) is 4. The Labute approximate surface area is 142 Å². The lowest BCUT2D eigenvalue weighted by atomic mass is 10.1. The molecule has 1 aromatic carbocycles. The minimum Gasteiger partial charge on any atom is -0.298 e. The quantitative estimate of drug-likeness (QED) is 0.739. The third-order valence-corrected chi connectivity index (χ3v) is 4.71. The van der Waals surface area contributed by atoms with Crippen molar-refractivity contribution in [2.24, 2.45) is 0 Å². The van der Waals surface area contributed by atoms with E-state index in [0.29, 0.717) is 5.92 Å². The molecule has 1 aliphatic heterocycles. The second kappa shape index (κ2) is 6.29. The fourth-order valence-electron chi connectivity index (χ4n) is 3.60. The van der Waals surface area contributed by atoms with Gasteiger partial charge in [0, 0.05) is 42.0 Å². The lowest BCUT2D eigenvalue weighted by Gasteiger charge is -2.16. The SMILES string of the molecule is Cc1cc(C)nc([C@@H]2CCN(Cc3ccc4ncccc4c3)C2)n1. The van der Waals surface area contributed by atoms with Crippen LogP contribution in [0.4, 0.5) is 0 Å². The van der Waals surface area contributed by atoms with Gasteiger partial charge < -0.3 is 0 Å². The maximum Gasteiger partial charge on any atom is 0.133 e. The first-order chi connectivity index (χ1) is 11.7. The normalized spacial score (nSPS) is 18.3.